The zero-order chi connectivity index (χ0) is 14.7. The van der Waals surface area contributed by atoms with Crippen LogP contribution in [0.5, 0.6) is 17.4 Å². The molecular weight excluding hydrogens is 266 g/mol. The number of rotatable bonds is 6. The molecule has 3 rings (SSSR count). The molecule has 5 heteroatoms. The van der Waals surface area contributed by atoms with E-state index in [-0.39, 0.29) is 0 Å². The number of nitrogens with one attached hydrogen (secondary N) is 1. The predicted molar refractivity (Wildman–Crippen MR) is 81.2 cm³/mol. The number of hydrogen-bond acceptors (Lipinski definition) is 5. The van der Waals surface area contributed by atoms with Gasteiger partial charge < -0.3 is 14.8 Å². The van der Waals surface area contributed by atoms with Crippen molar-refractivity contribution in [1.29, 1.82) is 0 Å². The van der Waals surface area contributed by atoms with Crippen molar-refractivity contribution in [2.75, 3.05) is 19.0 Å². The van der Waals surface area contributed by atoms with Crippen molar-refractivity contribution in [2.24, 2.45) is 0 Å². The van der Waals surface area contributed by atoms with E-state index in [2.05, 4.69) is 15.3 Å². The average Bonchev–Trinajstić information content (AvgIpc) is 3.34. The molecule has 2 aromatic rings. The summed E-state index contributed by atoms with van der Waals surface area (Å²) in [5.74, 6) is 4.28. The van der Waals surface area contributed by atoms with E-state index in [1.165, 1.54) is 0 Å². The van der Waals surface area contributed by atoms with Gasteiger partial charge in [-0.05, 0) is 44.0 Å². The number of nitrogens with zero attached hydrogens (tertiary/aromatic N) is 2. The van der Waals surface area contributed by atoms with Crippen LogP contribution in [0.1, 0.15) is 31.5 Å². The molecule has 1 N–H and O–H groups in total. The van der Waals surface area contributed by atoms with Crippen molar-refractivity contribution < 1.29 is 9.47 Å². The quantitative estimate of drug-likeness (QED) is 0.879. The van der Waals surface area contributed by atoms with Crippen molar-refractivity contribution >= 4 is 5.82 Å². The van der Waals surface area contributed by atoms with E-state index in [4.69, 9.17) is 9.47 Å². The summed E-state index contributed by atoms with van der Waals surface area (Å²) in [6, 6.07) is 9.34. The highest BCUT2D eigenvalue weighted by atomic mass is 16.5. The topological polar surface area (TPSA) is 56.3 Å². The van der Waals surface area contributed by atoms with E-state index in [0.29, 0.717) is 18.4 Å². The van der Waals surface area contributed by atoms with E-state index >= 15 is 0 Å². The first-order valence-electron chi connectivity index (χ1n) is 7.26. The minimum Gasteiger partial charge on any atom is -0.494 e. The third kappa shape index (κ3) is 3.42. The second kappa shape index (κ2) is 5.99. The first-order chi connectivity index (χ1) is 10.3. The van der Waals surface area contributed by atoms with Gasteiger partial charge in [0, 0.05) is 19.0 Å². The van der Waals surface area contributed by atoms with Gasteiger partial charge in [0.1, 0.15) is 23.1 Å². The number of hydrogen-bond donors (Lipinski definition) is 1. The number of aromatic nitrogens is 2. The maximum atomic E-state index is 5.83. The largest absolute Gasteiger partial charge is 0.494 e. The minimum absolute atomic E-state index is 0.487. The molecule has 5 nitrogen and oxygen atoms in total. The third-order valence-electron chi connectivity index (χ3n) is 3.28. The van der Waals surface area contributed by atoms with E-state index in [1.54, 1.807) is 0 Å². The Kier molecular flexibility index (Phi) is 3.90. The summed E-state index contributed by atoms with van der Waals surface area (Å²) in [5.41, 5.74) is 0. The lowest BCUT2D eigenvalue weighted by Gasteiger charge is -2.09. The molecule has 110 valence electrons. The molecule has 1 aliphatic rings. The lowest BCUT2D eigenvalue weighted by molar-refractivity contribution is 0.339. The van der Waals surface area contributed by atoms with Crippen LogP contribution < -0.4 is 14.8 Å². The van der Waals surface area contributed by atoms with Crippen LogP contribution in [0, 0.1) is 0 Å². The van der Waals surface area contributed by atoms with E-state index in [1.807, 2.05) is 44.3 Å². The van der Waals surface area contributed by atoms with E-state index in [9.17, 15) is 0 Å². The van der Waals surface area contributed by atoms with Crippen LogP contribution in [0.3, 0.4) is 0 Å². The maximum absolute atomic E-state index is 5.83. The van der Waals surface area contributed by atoms with Crippen molar-refractivity contribution in [3.8, 4) is 17.4 Å². The molecule has 0 spiro atoms. The molecule has 0 unspecified atom stereocenters. The zero-order valence-corrected chi connectivity index (χ0v) is 12.3. The smallest absolute Gasteiger partial charge is 0.224 e. The predicted octanol–water partition coefficient (Wildman–Crippen LogP) is 3.59. The second-order valence-electron chi connectivity index (χ2n) is 4.98. The van der Waals surface area contributed by atoms with Gasteiger partial charge >= 0.3 is 0 Å². The molecule has 1 saturated carbocycles. The molecule has 1 fully saturated rings. The Morgan fingerprint density at radius 1 is 1.14 bits per heavy atom. The van der Waals surface area contributed by atoms with Crippen LogP contribution in [0.2, 0.25) is 0 Å². The summed E-state index contributed by atoms with van der Waals surface area (Å²) in [4.78, 5) is 8.96. The monoisotopic (exact) mass is 285 g/mol. The maximum Gasteiger partial charge on any atom is 0.224 e. The molecule has 0 atom stereocenters. The molecule has 1 heterocycles. The molecule has 21 heavy (non-hydrogen) atoms. The second-order valence-corrected chi connectivity index (χ2v) is 4.98. The number of anilines is 1. The van der Waals surface area contributed by atoms with Crippen LogP contribution in [0.15, 0.2) is 30.3 Å². The lowest BCUT2D eigenvalue weighted by atomic mass is 10.3. The van der Waals surface area contributed by atoms with Gasteiger partial charge in [-0.2, -0.15) is 4.98 Å². The Labute approximate surface area is 124 Å². The summed E-state index contributed by atoms with van der Waals surface area (Å²) in [6.45, 7) is 2.62. The third-order valence-corrected chi connectivity index (χ3v) is 3.28. The fraction of sp³-hybridized carbons (Fsp3) is 0.375. The SMILES string of the molecule is CCOc1ccc(Oc2cc(NC)nc(C3CC3)n2)cc1. The highest BCUT2D eigenvalue weighted by Crippen LogP contribution is 2.39. The first kappa shape index (κ1) is 13.7. The number of benzene rings is 1. The van der Waals surface area contributed by atoms with Crippen molar-refractivity contribution in [2.45, 2.75) is 25.7 Å². The van der Waals surface area contributed by atoms with E-state index in [0.717, 1.165) is 36.0 Å². The van der Waals surface area contributed by atoms with Crippen LogP contribution in [0.25, 0.3) is 0 Å². The molecule has 1 aromatic heterocycles. The fourth-order valence-electron chi connectivity index (χ4n) is 2.04. The molecular formula is C16H19N3O2. The minimum atomic E-state index is 0.487. The summed E-state index contributed by atoms with van der Waals surface area (Å²) in [6.07, 6.45) is 2.32. The highest BCUT2D eigenvalue weighted by molar-refractivity contribution is 5.41. The summed E-state index contributed by atoms with van der Waals surface area (Å²) >= 11 is 0. The Hall–Kier alpha value is -2.30. The Morgan fingerprint density at radius 3 is 2.48 bits per heavy atom. The van der Waals surface area contributed by atoms with Gasteiger partial charge in [-0.3, -0.25) is 0 Å². The van der Waals surface area contributed by atoms with Gasteiger partial charge in [0.25, 0.3) is 0 Å². The average molecular weight is 285 g/mol. The molecule has 0 bridgehead atoms. The number of ether oxygens (including phenoxy) is 2. The molecule has 0 amide bonds. The Morgan fingerprint density at radius 2 is 1.86 bits per heavy atom. The molecule has 0 saturated heterocycles. The van der Waals surface area contributed by atoms with Gasteiger partial charge in [-0.25, -0.2) is 4.98 Å². The van der Waals surface area contributed by atoms with E-state index < -0.39 is 0 Å². The lowest BCUT2D eigenvalue weighted by Crippen LogP contribution is -2.01. The summed E-state index contributed by atoms with van der Waals surface area (Å²) in [7, 11) is 1.85. The summed E-state index contributed by atoms with van der Waals surface area (Å²) < 4.78 is 11.2. The van der Waals surface area contributed by atoms with Gasteiger partial charge in [0.05, 0.1) is 6.61 Å². The normalized spacial score (nSPS) is 13.8. The zero-order valence-electron chi connectivity index (χ0n) is 12.3. The molecule has 0 aliphatic heterocycles. The summed E-state index contributed by atoms with van der Waals surface area (Å²) in [5, 5.41) is 3.05. The van der Waals surface area contributed by atoms with Gasteiger partial charge in [0.2, 0.25) is 5.88 Å². The van der Waals surface area contributed by atoms with Crippen LogP contribution in [-0.4, -0.2) is 23.6 Å². The van der Waals surface area contributed by atoms with Crippen molar-refractivity contribution in [1.82, 2.24) is 9.97 Å². The van der Waals surface area contributed by atoms with Crippen molar-refractivity contribution in [3.63, 3.8) is 0 Å². The molecule has 0 radical (unpaired) electrons. The van der Waals surface area contributed by atoms with Gasteiger partial charge in [-0.15, -0.1) is 0 Å². The van der Waals surface area contributed by atoms with Gasteiger partial charge in [-0.1, -0.05) is 0 Å². The molecule has 1 aromatic carbocycles. The highest BCUT2D eigenvalue weighted by Gasteiger charge is 2.27. The first-order valence-corrected chi connectivity index (χ1v) is 7.26. The van der Waals surface area contributed by atoms with Crippen LogP contribution >= 0.6 is 0 Å². The Balaban J connectivity index is 1.78. The fourth-order valence-corrected chi connectivity index (χ4v) is 2.04. The van der Waals surface area contributed by atoms with Crippen LogP contribution in [-0.2, 0) is 0 Å². The van der Waals surface area contributed by atoms with Crippen molar-refractivity contribution in [3.05, 3.63) is 36.2 Å². The molecule has 1 aliphatic carbocycles. The Bertz CT molecular complexity index is 609. The standard InChI is InChI=1S/C16H19N3O2/c1-3-20-12-6-8-13(9-7-12)21-15-10-14(17-2)18-16(19-15)11-4-5-11/h6-11H,3-5H2,1-2H3,(H,17,18,19). The van der Waals surface area contributed by atoms with Gasteiger partial charge in [0.15, 0.2) is 0 Å². The van der Waals surface area contributed by atoms with Crippen LogP contribution in [0.4, 0.5) is 5.82 Å².